The Labute approximate surface area is 231 Å². The summed E-state index contributed by atoms with van der Waals surface area (Å²) in [6, 6.07) is 7.57. The van der Waals surface area contributed by atoms with Crippen LogP contribution in [0.2, 0.25) is 0 Å². The Morgan fingerprint density at radius 2 is 1.50 bits per heavy atom. The van der Waals surface area contributed by atoms with Gasteiger partial charge in [-0.15, -0.1) is 0 Å². The van der Waals surface area contributed by atoms with Crippen LogP contribution in [0.5, 0.6) is 6.01 Å². The topological polar surface area (TPSA) is 238 Å². The van der Waals surface area contributed by atoms with Crippen molar-refractivity contribution >= 4 is 22.0 Å². The first kappa shape index (κ1) is 30.9. The Kier molecular flexibility index (Phi) is 11.4. The highest BCUT2D eigenvalue weighted by molar-refractivity contribution is 7.85. The fourth-order valence-electron chi connectivity index (χ4n) is 3.32. The minimum atomic E-state index is -4.17. The molecule has 0 bridgehead atoms. The van der Waals surface area contributed by atoms with Crippen LogP contribution in [0.4, 0.5) is 11.9 Å². The van der Waals surface area contributed by atoms with Crippen molar-refractivity contribution in [3.8, 4) is 6.01 Å². The van der Waals surface area contributed by atoms with Gasteiger partial charge in [-0.1, -0.05) is 31.2 Å². The number of benzene rings is 1. The van der Waals surface area contributed by atoms with E-state index in [2.05, 4.69) is 45.9 Å². The Morgan fingerprint density at radius 3 is 2.08 bits per heavy atom. The van der Waals surface area contributed by atoms with Gasteiger partial charge >= 0.3 is 6.01 Å². The Balaban J connectivity index is 1.71. The number of ether oxygens (including phenoxy) is 1. The minimum absolute atomic E-state index is 0.0133. The summed E-state index contributed by atoms with van der Waals surface area (Å²) in [5.74, 6) is 0.934. The number of hydrogen-bond donors (Lipinski definition) is 7. The predicted octanol–water partition coefficient (Wildman–Crippen LogP) is -1.12. The summed E-state index contributed by atoms with van der Waals surface area (Å²) in [6.45, 7) is 3.43. The fourth-order valence-corrected chi connectivity index (χ4v) is 3.68. The molecule has 0 aliphatic carbocycles. The van der Waals surface area contributed by atoms with E-state index in [1.54, 1.807) is 6.92 Å². The van der Waals surface area contributed by atoms with Crippen LogP contribution in [0.3, 0.4) is 0 Å². The molecular weight excluding hydrogens is 546 g/mol. The molecular formula is C23H33N9O7S. The van der Waals surface area contributed by atoms with Crippen molar-refractivity contribution in [2.24, 2.45) is 0 Å². The zero-order valence-electron chi connectivity index (χ0n) is 22.0. The van der Waals surface area contributed by atoms with E-state index in [4.69, 9.17) is 14.4 Å². The molecule has 0 aliphatic rings. The summed E-state index contributed by atoms with van der Waals surface area (Å²) < 4.78 is 36.3. The van der Waals surface area contributed by atoms with Crippen LogP contribution in [0.15, 0.2) is 24.3 Å². The van der Waals surface area contributed by atoms with Crippen LogP contribution in [0.1, 0.15) is 35.5 Å². The molecule has 2 atom stereocenters. The molecule has 1 aromatic carbocycles. The van der Waals surface area contributed by atoms with Gasteiger partial charge in [-0.05, 0) is 24.6 Å². The van der Waals surface area contributed by atoms with Crippen LogP contribution in [0.25, 0.3) is 0 Å². The normalized spacial score (nSPS) is 13.1. The number of aliphatic hydroxyl groups excluding tert-OH is 3. The molecule has 0 fully saturated rings. The molecule has 2 heterocycles. The second-order valence-electron chi connectivity index (χ2n) is 8.61. The van der Waals surface area contributed by atoms with Gasteiger partial charge in [-0.2, -0.15) is 33.3 Å². The van der Waals surface area contributed by atoms with Crippen molar-refractivity contribution in [3.63, 3.8) is 0 Å². The molecule has 17 heteroatoms. The largest absolute Gasteiger partial charge is 0.419 e. The monoisotopic (exact) mass is 579 g/mol. The molecule has 0 saturated carbocycles. The summed E-state index contributed by atoms with van der Waals surface area (Å²) in [7, 11) is -4.17. The van der Waals surface area contributed by atoms with Gasteiger partial charge in [0.2, 0.25) is 11.9 Å². The number of rotatable bonds is 16. The lowest BCUT2D eigenvalue weighted by Crippen LogP contribution is -2.34. The smallest absolute Gasteiger partial charge is 0.323 e. The van der Waals surface area contributed by atoms with Crippen LogP contribution >= 0.6 is 0 Å². The third-order valence-corrected chi connectivity index (χ3v) is 5.87. The third-order valence-electron chi connectivity index (χ3n) is 5.15. The number of anilines is 2. The first-order chi connectivity index (χ1) is 19.0. The maximum atomic E-state index is 11.0. The average Bonchev–Trinajstić information content (AvgIpc) is 2.87. The maximum absolute atomic E-state index is 11.0. The molecule has 2 aromatic heterocycles. The predicted molar refractivity (Wildman–Crippen MR) is 143 cm³/mol. The lowest BCUT2D eigenvalue weighted by molar-refractivity contribution is -0.0488. The summed E-state index contributed by atoms with van der Waals surface area (Å²) >= 11 is 0. The molecule has 40 heavy (non-hydrogen) atoms. The Morgan fingerprint density at radius 1 is 0.900 bits per heavy atom. The van der Waals surface area contributed by atoms with E-state index in [9.17, 15) is 18.6 Å². The molecule has 0 spiro atoms. The van der Waals surface area contributed by atoms with Gasteiger partial charge in [0.1, 0.15) is 17.5 Å². The quantitative estimate of drug-likeness (QED) is 0.0785. The summed E-state index contributed by atoms with van der Waals surface area (Å²) in [6.07, 6.45) is -1.56. The number of nitrogens with zero attached hydrogens (tertiary/aromatic N) is 6. The molecule has 0 saturated heterocycles. The molecule has 0 aliphatic heterocycles. The van der Waals surface area contributed by atoms with E-state index in [0.717, 1.165) is 11.1 Å². The highest BCUT2D eigenvalue weighted by atomic mass is 32.2. The molecule has 3 rings (SSSR count). The van der Waals surface area contributed by atoms with Gasteiger partial charge in [-0.25, -0.2) is 4.98 Å². The number of aromatic nitrogens is 6. The second kappa shape index (κ2) is 14.7. The van der Waals surface area contributed by atoms with Crippen molar-refractivity contribution in [1.82, 2.24) is 35.2 Å². The van der Waals surface area contributed by atoms with E-state index < -0.39 is 35.0 Å². The van der Waals surface area contributed by atoms with Gasteiger partial charge in [-0.3, -0.25) is 9.87 Å². The van der Waals surface area contributed by atoms with E-state index in [0.29, 0.717) is 36.9 Å². The number of nitrogens with one attached hydrogen (secondary N) is 3. The first-order valence-electron chi connectivity index (χ1n) is 12.4. The van der Waals surface area contributed by atoms with Gasteiger partial charge < -0.3 is 30.7 Å². The van der Waals surface area contributed by atoms with E-state index >= 15 is 0 Å². The molecule has 16 nitrogen and oxygen atoms in total. The van der Waals surface area contributed by atoms with E-state index in [1.165, 1.54) is 0 Å². The van der Waals surface area contributed by atoms with Gasteiger partial charge in [0.05, 0.1) is 18.5 Å². The summed E-state index contributed by atoms with van der Waals surface area (Å²) in [4.78, 5) is 25.5. The molecule has 2 unspecified atom stereocenters. The molecule has 0 amide bonds. The zero-order valence-corrected chi connectivity index (χ0v) is 22.8. The standard InChI is InChI=1S/C23H33N9O7S/c1-3-24-23(35)39-22-28-14(2)27-18(31-22)10-15-4-6-16(7-5-15)11-19-29-20(25-8-9-40(36,37)38)32-21(30-19)26-12-17(34)13-33/h4-7,17,23-24,33-35H,3,8-13H2,1-2H3,(H,36,37,38)(H2,25,26,29,30,32). The van der Waals surface area contributed by atoms with E-state index in [1.807, 2.05) is 31.2 Å². The van der Waals surface area contributed by atoms with Gasteiger partial charge in [0, 0.05) is 25.9 Å². The summed E-state index contributed by atoms with van der Waals surface area (Å²) in [5, 5.41) is 36.7. The SMILES string of the molecule is CCNC(O)Oc1nc(C)nc(Cc2ccc(Cc3nc(NCCS(=O)(=O)O)nc(NCC(O)CO)n3)cc2)n1. The number of aliphatic hydroxyl groups is 3. The molecule has 7 N–H and O–H groups in total. The fraction of sp³-hybridized carbons (Fsp3) is 0.478. The zero-order chi connectivity index (χ0) is 29.1. The van der Waals surface area contributed by atoms with Gasteiger partial charge in [0.15, 0.2) is 0 Å². The Hall–Kier alpha value is -3.61. The van der Waals surface area contributed by atoms with Crippen LogP contribution in [-0.2, 0) is 23.0 Å². The minimum Gasteiger partial charge on any atom is -0.419 e. The van der Waals surface area contributed by atoms with Crippen molar-refractivity contribution < 1.29 is 33.0 Å². The van der Waals surface area contributed by atoms with E-state index in [-0.39, 0.29) is 31.0 Å². The highest BCUT2D eigenvalue weighted by Crippen LogP contribution is 2.14. The van der Waals surface area contributed by atoms with Gasteiger partial charge in [0.25, 0.3) is 16.5 Å². The van der Waals surface area contributed by atoms with Crippen molar-refractivity contribution in [1.29, 1.82) is 0 Å². The van der Waals surface area contributed by atoms with Crippen LogP contribution in [-0.4, -0.2) is 103 Å². The van der Waals surface area contributed by atoms with Crippen molar-refractivity contribution in [2.45, 2.75) is 39.2 Å². The van der Waals surface area contributed by atoms with Crippen LogP contribution in [0, 0.1) is 6.92 Å². The lowest BCUT2D eigenvalue weighted by Gasteiger charge is -2.13. The second-order valence-corrected chi connectivity index (χ2v) is 10.2. The molecule has 3 aromatic rings. The Bertz CT molecular complexity index is 1350. The van der Waals surface area contributed by atoms with Crippen molar-refractivity contribution in [2.75, 3.05) is 42.6 Å². The number of hydrogen-bond acceptors (Lipinski definition) is 15. The first-order valence-corrected chi connectivity index (χ1v) is 14.0. The molecule has 0 radical (unpaired) electrons. The van der Waals surface area contributed by atoms with Crippen molar-refractivity contribution in [3.05, 3.63) is 52.9 Å². The maximum Gasteiger partial charge on any atom is 0.323 e. The molecule has 218 valence electrons. The number of aryl methyl sites for hydroxylation is 1. The average molecular weight is 580 g/mol. The highest BCUT2D eigenvalue weighted by Gasteiger charge is 2.13. The third kappa shape index (κ3) is 10.9. The lowest BCUT2D eigenvalue weighted by atomic mass is 10.1. The van der Waals surface area contributed by atoms with Crippen LogP contribution < -0.4 is 20.7 Å². The summed E-state index contributed by atoms with van der Waals surface area (Å²) in [5.41, 5.74) is 1.78.